The van der Waals surface area contributed by atoms with E-state index >= 15 is 0 Å². The molecule has 0 spiro atoms. The van der Waals surface area contributed by atoms with Crippen LogP contribution in [0, 0.1) is 0 Å². The van der Waals surface area contributed by atoms with E-state index in [2.05, 4.69) is 15.7 Å². The number of carbonyl (C=O) groups excluding carboxylic acids is 1. The molecular formula is C18H12ClN3OS. The van der Waals surface area contributed by atoms with Crippen molar-refractivity contribution >= 4 is 39.5 Å². The molecule has 0 saturated carbocycles. The summed E-state index contributed by atoms with van der Waals surface area (Å²) in [5, 5.41) is 5.57. The van der Waals surface area contributed by atoms with Gasteiger partial charge in [-0.25, -0.2) is 4.98 Å². The van der Waals surface area contributed by atoms with E-state index in [1.807, 2.05) is 34.9 Å². The quantitative estimate of drug-likeness (QED) is 0.565. The highest BCUT2D eigenvalue weighted by Crippen LogP contribution is 2.26. The smallest absolute Gasteiger partial charge is 0.255 e. The number of thiazole rings is 1. The zero-order valence-corrected chi connectivity index (χ0v) is 14.0. The summed E-state index contributed by atoms with van der Waals surface area (Å²) >= 11 is 7.44. The SMILES string of the molecule is O=C(Nc1ccc(-c2csc3nccn23)cc1)c1ccc(Cl)cc1. The number of rotatable bonds is 3. The first-order valence-electron chi connectivity index (χ1n) is 7.28. The zero-order chi connectivity index (χ0) is 16.5. The molecule has 2 aromatic heterocycles. The van der Waals surface area contributed by atoms with E-state index in [4.69, 9.17) is 11.6 Å². The lowest BCUT2D eigenvalue weighted by Gasteiger charge is -2.07. The number of benzene rings is 2. The number of amides is 1. The number of hydrogen-bond acceptors (Lipinski definition) is 3. The maximum absolute atomic E-state index is 12.2. The van der Waals surface area contributed by atoms with Crippen LogP contribution in [0.5, 0.6) is 0 Å². The molecule has 2 aromatic carbocycles. The second-order valence-electron chi connectivity index (χ2n) is 5.24. The summed E-state index contributed by atoms with van der Waals surface area (Å²) in [6.45, 7) is 0. The lowest BCUT2D eigenvalue weighted by atomic mass is 10.1. The first-order chi connectivity index (χ1) is 11.7. The molecule has 0 unspecified atom stereocenters. The van der Waals surface area contributed by atoms with Crippen LogP contribution in [0.3, 0.4) is 0 Å². The molecule has 4 rings (SSSR count). The summed E-state index contributed by atoms with van der Waals surface area (Å²) in [5.74, 6) is -0.160. The van der Waals surface area contributed by atoms with Gasteiger partial charge in [-0.05, 0) is 42.0 Å². The summed E-state index contributed by atoms with van der Waals surface area (Å²) in [5.41, 5.74) is 3.48. The van der Waals surface area contributed by atoms with Crippen molar-refractivity contribution in [2.45, 2.75) is 0 Å². The van der Waals surface area contributed by atoms with Gasteiger partial charge in [0.15, 0.2) is 4.96 Å². The Hall–Kier alpha value is -2.63. The average molecular weight is 354 g/mol. The fraction of sp³-hybridized carbons (Fsp3) is 0. The molecule has 1 amide bonds. The van der Waals surface area contributed by atoms with Gasteiger partial charge in [0.25, 0.3) is 5.91 Å². The van der Waals surface area contributed by atoms with Crippen LogP contribution >= 0.6 is 22.9 Å². The third-order valence-electron chi connectivity index (χ3n) is 3.69. The molecule has 0 saturated heterocycles. The highest BCUT2D eigenvalue weighted by molar-refractivity contribution is 7.15. The van der Waals surface area contributed by atoms with Gasteiger partial charge in [0.05, 0.1) is 5.69 Å². The van der Waals surface area contributed by atoms with Crippen molar-refractivity contribution in [1.29, 1.82) is 0 Å². The van der Waals surface area contributed by atoms with Gasteiger partial charge in [-0.1, -0.05) is 23.7 Å². The van der Waals surface area contributed by atoms with Gasteiger partial charge in [-0.15, -0.1) is 11.3 Å². The van der Waals surface area contributed by atoms with Crippen molar-refractivity contribution in [3.05, 3.63) is 76.9 Å². The molecule has 2 heterocycles. The van der Waals surface area contributed by atoms with Gasteiger partial charge in [0, 0.05) is 34.0 Å². The molecule has 24 heavy (non-hydrogen) atoms. The molecule has 4 aromatic rings. The van der Waals surface area contributed by atoms with Crippen molar-refractivity contribution in [3.8, 4) is 11.3 Å². The van der Waals surface area contributed by atoms with Gasteiger partial charge < -0.3 is 5.32 Å². The summed E-state index contributed by atoms with van der Waals surface area (Å²) < 4.78 is 2.05. The third kappa shape index (κ3) is 2.79. The van der Waals surface area contributed by atoms with E-state index in [-0.39, 0.29) is 5.91 Å². The second-order valence-corrected chi connectivity index (χ2v) is 6.51. The fourth-order valence-corrected chi connectivity index (χ4v) is 3.45. The predicted octanol–water partition coefficient (Wildman–Crippen LogP) is 4.97. The molecule has 0 aliphatic heterocycles. The molecule has 0 bridgehead atoms. The minimum Gasteiger partial charge on any atom is -0.322 e. The Bertz CT molecular complexity index is 1000. The second kappa shape index (κ2) is 6.11. The molecule has 6 heteroatoms. The number of anilines is 1. The minimum absolute atomic E-state index is 0.160. The Morgan fingerprint density at radius 2 is 1.83 bits per heavy atom. The van der Waals surface area contributed by atoms with E-state index in [1.54, 1.807) is 41.8 Å². The molecule has 1 N–H and O–H groups in total. The summed E-state index contributed by atoms with van der Waals surface area (Å²) in [7, 11) is 0. The number of hydrogen-bond donors (Lipinski definition) is 1. The van der Waals surface area contributed by atoms with Gasteiger partial charge in [0.1, 0.15) is 0 Å². The normalized spacial score (nSPS) is 10.9. The molecule has 4 nitrogen and oxygen atoms in total. The van der Waals surface area contributed by atoms with Crippen LogP contribution in [0.4, 0.5) is 5.69 Å². The number of aromatic nitrogens is 2. The Balaban J connectivity index is 1.54. The first kappa shape index (κ1) is 14.9. The number of halogens is 1. The standard InChI is InChI=1S/C18H12ClN3OS/c19-14-5-1-13(2-6-14)17(23)21-15-7-3-12(4-8-15)16-11-24-18-20-9-10-22(16)18/h1-11H,(H,21,23). The third-order valence-corrected chi connectivity index (χ3v) is 4.79. The molecular weight excluding hydrogens is 342 g/mol. The van der Waals surface area contributed by atoms with E-state index in [0.29, 0.717) is 10.6 Å². The monoisotopic (exact) mass is 353 g/mol. The van der Waals surface area contributed by atoms with Crippen molar-refractivity contribution < 1.29 is 4.79 Å². The van der Waals surface area contributed by atoms with Gasteiger partial charge in [-0.3, -0.25) is 9.20 Å². The van der Waals surface area contributed by atoms with E-state index in [1.165, 1.54) is 0 Å². The minimum atomic E-state index is -0.160. The summed E-state index contributed by atoms with van der Waals surface area (Å²) in [6.07, 6.45) is 3.73. The Labute approximate surface area is 147 Å². The molecule has 0 fully saturated rings. The lowest BCUT2D eigenvalue weighted by molar-refractivity contribution is 0.102. The van der Waals surface area contributed by atoms with Gasteiger partial charge in [-0.2, -0.15) is 0 Å². The van der Waals surface area contributed by atoms with E-state index in [9.17, 15) is 4.79 Å². The number of carbonyl (C=O) groups is 1. The fourth-order valence-electron chi connectivity index (χ4n) is 2.46. The van der Waals surface area contributed by atoms with E-state index < -0.39 is 0 Å². The first-order valence-corrected chi connectivity index (χ1v) is 8.54. The molecule has 0 atom stereocenters. The number of fused-ring (bicyclic) bond motifs is 1. The molecule has 118 valence electrons. The zero-order valence-electron chi connectivity index (χ0n) is 12.4. The highest BCUT2D eigenvalue weighted by atomic mass is 35.5. The van der Waals surface area contributed by atoms with Crippen LogP contribution in [-0.4, -0.2) is 15.3 Å². The molecule has 0 radical (unpaired) electrons. The topological polar surface area (TPSA) is 46.4 Å². The lowest BCUT2D eigenvalue weighted by Crippen LogP contribution is -2.11. The van der Waals surface area contributed by atoms with Crippen LogP contribution in [-0.2, 0) is 0 Å². The van der Waals surface area contributed by atoms with Crippen molar-refractivity contribution in [1.82, 2.24) is 9.38 Å². The van der Waals surface area contributed by atoms with Crippen LogP contribution < -0.4 is 5.32 Å². The van der Waals surface area contributed by atoms with Crippen LogP contribution in [0.15, 0.2) is 66.3 Å². The van der Waals surface area contributed by atoms with Crippen LogP contribution in [0.1, 0.15) is 10.4 Å². The maximum Gasteiger partial charge on any atom is 0.255 e. The maximum atomic E-state index is 12.2. The Morgan fingerprint density at radius 3 is 2.58 bits per heavy atom. The number of imidazole rings is 1. The Morgan fingerprint density at radius 1 is 1.08 bits per heavy atom. The van der Waals surface area contributed by atoms with Crippen molar-refractivity contribution in [3.63, 3.8) is 0 Å². The van der Waals surface area contributed by atoms with Crippen molar-refractivity contribution in [2.24, 2.45) is 0 Å². The number of nitrogens with one attached hydrogen (secondary N) is 1. The summed E-state index contributed by atoms with van der Waals surface area (Å²) in [6, 6.07) is 14.6. The van der Waals surface area contributed by atoms with Crippen molar-refractivity contribution in [2.75, 3.05) is 5.32 Å². The highest BCUT2D eigenvalue weighted by Gasteiger charge is 2.08. The van der Waals surface area contributed by atoms with Crippen LogP contribution in [0.25, 0.3) is 16.2 Å². The predicted molar refractivity (Wildman–Crippen MR) is 97.9 cm³/mol. The van der Waals surface area contributed by atoms with Gasteiger partial charge >= 0.3 is 0 Å². The number of nitrogens with zero attached hydrogens (tertiary/aromatic N) is 2. The van der Waals surface area contributed by atoms with Crippen LogP contribution in [0.2, 0.25) is 5.02 Å². The largest absolute Gasteiger partial charge is 0.322 e. The molecule has 0 aliphatic rings. The Kier molecular flexibility index (Phi) is 3.80. The molecule has 0 aliphatic carbocycles. The average Bonchev–Trinajstić information content (AvgIpc) is 3.20. The summed E-state index contributed by atoms with van der Waals surface area (Å²) in [4.78, 5) is 17.5. The van der Waals surface area contributed by atoms with Gasteiger partial charge in [0.2, 0.25) is 0 Å². The van der Waals surface area contributed by atoms with E-state index in [0.717, 1.165) is 21.9 Å².